The molecule has 2 aliphatic heterocycles. The van der Waals surface area contributed by atoms with Gasteiger partial charge in [-0.2, -0.15) is 85.7 Å². The van der Waals surface area contributed by atoms with Crippen LogP contribution in [0, 0.1) is 25.2 Å². The Balaban J connectivity index is 0.000000257. The summed E-state index contributed by atoms with van der Waals surface area (Å²) in [5.41, 5.74) is -8.09. The second-order valence-corrected chi connectivity index (χ2v) is 14.7. The standard InChI is InChI=1S/C17H13F8N5O2.C14H9F8N5O.C3H3N.C3H6O2.CH4/c1-8-3-29-13(31)11(9-2-26-28(4-9)7-15(18,19)17(23,24)25)12(16(20,21)22)27-14(29)30(8)10-5-32-6-10;1-6-3-27-10(28)8(9(13(17,18)19)25-11(27)24-6)7-2-23-26(4-7)5-12(15,16)14(20,21)22;1-2-3-4;4-3-1-5-2-3;/h2-4,10H,5-7H2,1H3;2-4H,5H2,1H3,(H,24,25);2H,1H2;3-4H,1-2H2;1H4. The number of allylic oxidation sites excluding steroid dienone is 1. The van der Waals surface area contributed by atoms with Gasteiger partial charge in [0.15, 0.2) is 11.4 Å². The van der Waals surface area contributed by atoms with Gasteiger partial charge < -0.3 is 24.1 Å². The Morgan fingerprint density at radius 2 is 1.14 bits per heavy atom. The van der Waals surface area contributed by atoms with Crippen molar-refractivity contribution >= 4 is 11.6 Å². The summed E-state index contributed by atoms with van der Waals surface area (Å²) in [7, 11) is 0. The number of nitrogens with one attached hydrogen (secondary N) is 1. The van der Waals surface area contributed by atoms with E-state index < -0.39 is 100 Å². The predicted octanol–water partition coefficient (Wildman–Crippen LogP) is 7.58. The van der Waals surface area contributed by atoms with Crippen LogP contribution in [0.25, 0.3) is 33.8 Å². The lowest BCUT2D eigenvalue weighted by atomic mass is 10.1. The number of rotatable bonds is 7. The van der Waals surface area contributed by atoms with Gasteiger partial charge in [0, 0.05) is 53.4 Å². The molecule has 0 atom stereocenters. The molecule has 0 radical (unpaired) electrons. The minimum atomic E-state index is -5.89. The van der Waals surface area contributed by atoms with Crippen LogP contribution in [0.2, 0.25) is 0 Å². The summed E-state index contributed by atoms with van der Waals surface area (Å²) < 4.78 is 221. The van der Waals surface area contributed by atoms with Crippen LogP contribution < -0.4 is 11.1 Å². The molecule has 70 heavy (non-hydrogen) atoms. The smallest absolute Gasteiger partial charge is 0.388 e. The number of ether oxygens (including phenoxy) is 2. The van der Waals surface area contributed by atoms with Crippen molar-refractivity contribution in [1.82, 2.24) is 47.9 Å². The Kier molecular flexibility index (Phi) is 16.2. The summed E-state index contributed by atoms with van der Waals surface area (Å²) >= 11 is 0. The summed E-state index contributed by atoms with van der Waals surface area (Å²) in [4.78, 5) is 34.9. The lowest BCUT2D eigenvalue weighted by Gasteiger charge is -2.28. The van der Waals surface area contributed by atoms with Gasteiger partial charge in [0.1, 0.15) is 19.2 Å². The Hall–Kier alpha value is -6.75. The Bertz CT molecular complexity index is 2960. The first-order valence-electron chi connectivity index (χ1n) is 18.9. The zero-order valence-corrected chi connectivity index (χ0v) is 34.7. The fraction of sp³-hybridized carbons (Fsp3) is 0.447. The molecule has 0 amide bonds. The van der Waals surface area contributed by atoms with E-state index in [-0.39, 0.29) is 47.9 Å². The summed E-state index contributed by atoms with van der Waals surface area (Å²) in [6.45, 7) is 3.71. The lowest BCUT2D eigenvalue weighted by molar-refractivity contribution is -0.287. The molecule has 0 bridgehead atoms. The van der Waals surface area contributed by atoms with Gasteiger partial charge in [-0.1, -0.05) is 14.0 Å². The number of hydrogen-bond acceptors (Lipinski definition) is 10. The summed E-state index contributed by atoms with van der Waals surface area (Å²) in [5, 5.41) is 22.3. The van der Waals surface area contributed by atoms with Gasteiger partial charge in [-0.05, 0) is 13.8 Å². The average molecular weight is 1030 g/mol. The second kappa shape index (κ2) is 20.3. The molecule has 6 aromatic rings. The van der Waals surface area contributed by atoms with E-state index in [1.165, 1.54) is 23.8 Å². The maximum Gasteiger partial charge on any atom is 0.455 e. The molecule has 2 fully saturated rings. The highest BCUT2D eigenvalue weighted by molar-refractivity contribution is 5.67. The number of fused-ring (bicyclic) bond motifs is 2. The van der Waals surface area contributed by atoms with E-state index in [2.05, 4.69) is 36.5 Å². The molecule has 32 heteroatoms. The van der Waals surface area contributed by atoms with Crippen molar-refractivity contribution in [2.75, 3.05) is 26.4 Å². The maximum absolute atomic E-state index is 13.8. The number of alkyl halides is 16. The van der Waals surface area contributed by atoms with Crippen LogP contribution in [-0.4, -0.2) is 110 Å². The van der Waals surface area contributed by atoms with Crippen molar-refractivity contribution in [3.8, 4) is 28.3 Å². The monoisotopic (exact) mass is 1030 g/mol. The first kappa shape index (κ1) is 55.8. The zero-order chi connectivity index (χ0) is 51.8. The molecule has 0 unspecified atom stereocenters. The predicted molar refractivity (Wildman–Crippen MR) is 208 cm³/mol. The van der Waals surface area contributed by atoms with Crippen molar-refractivity contribution in [2.24, 2.45) is 0 Å². The van der Waals surface area contributed by atoms with E-state index in [1.54, 1.807) is 13.0 Å². The van der Waals surface area contributed by atoms with Gasteiger partial charge in [-0.3, -0.25) is 27.8 Å². The zero-order valence-electron chi connectivity index (χ0n) is 34.7. The van der Waals surface area contributed by atoms with E-state index >= 15 is 0 Å². The number of aliphatic hydroxyl groups is 1. The van der Waals surface area contributed by atoms with Crippen LogP contribution in [0.3, 0.4) is 0 Å². The number of aromatic amines is 1. The van der Waals surface area contributed by atoms with Crippen LogP contribution in [-0.2, 0) is 34.9 Å². The van der Waals surface area contributed by atoms with E-state index in [0.29, 0.717) is 49.4 Å². The van der Waals surface area contributed by atoms with Crippen LogP contribution in [0.1, 0.15) is 36.2 Å². The van der Waals surface area contributed by atoms with Crippen LogP contribution in [0.5, 0.6) is 0 Å². The molecular formula is C38H35F16N11O5. The van der Waals surface area contributed by atoms with E-state index in [4.69, 9.17) is 15.1 Å². The first-order chi connectivity index (χ1) is 31.7. The third-order valence-corrected chi connectivity index (χ3v) is 9.38. The number of H-pyrrole nitrogens is 1. The number of nitriles is 1. The molecule has 384 valence electrons. The molecule has 0 saturated carbocycles. The van der Waals surface area contributed by atoms with E-state index in [0.717, 1.165) is 15.0 Å². The molecule has 0 aliphatic carbocycles. The molecule has 2 saturated heterocycles. The fourth-order valence-electron chi connectivity index (χ4n) is 6.08. The van der Waals surface area contributed by atoms with Crippen LogP contribution in [0.15, 0.2) is 59.4 Å². The summed E-state index contributed by atoms with van der Waals surface area (Å²) in [6, 6.07) is 1.37. The largest absolute Gasteiger partial charge is 0.455 e. The topological polar surface area (TPSA) is 188 Å². The minimum Gasteiger partial charge on any atom is -0.388 e. The highest BCUT2D eigenvalue weighted by atomic mass is 19.4. The molecule has 2 N–H and O–H groups in total. The van der Waals surface area contributed by atoms with E-state index in [1.807, 2.05) is 0 Å². The molecule has 2 aliphatic rings. The highest BCUT2D eigenvalue weighted by Gasteiger charge is 2.58. The van der Waals surface area contributed by atoms with Crippen molar-refractivity contribution in [1.29, 1.82) is 5.26 Å². The van der Waals surface area contributed by atoms with Gasteiger partial charge in [0.05, 0.1) is 62.1 Å². The molecule has 0 aromatic carbocycles. The number of aliphatic hydroxyl groups excluding tert-OH is 1. The molecule has 8 heterocycles. The third-order valence-electron chi connectivity index (χ3n) is 9.38. The first-order valence-corrected chi connectivity index (χ1v) is 18.9. The number of nitrogens with zero attached hydrogens (tertiary/aromatic N) is 10. The Morgan fingerprint density at radius 3 is 1.50 bits per heavy atom. The van der Waals surface area contributed by atoms with Crippen LogP contribution in [0.4, 0.5) is 70.2 Å². The van der Waals surface area contributed by atoms with Gasteiger partial charge in [0.25, 0.3) is 11.1 Å². The van der Waals surface area contributed by atoms with Crippen molar-refractivity contribution in [3.63, 3.8) is 0 Å². The highest BCUT2D eigenvalue weighted by Crippen LogP contribution is 2.40. The third kappa shape index (κ3) is 12.0. The molecule has 16 nitrogen and oxygen atoms in total. The number of halogens is 16. The number of aromatic nitrogens is 10. The molecule has 6 aromatic heterocycles. The average Bonchev–Trinajstić information content (AvgIpc) is 3.99. The quantitative estimate of drug-likeness (QED) is 0.119. The number of imidazole rings is 2. The molecule has 0 spiro atoms. The van der Waals surface area contributed by atoms with Gasteiger partial charge in [-0.15, -0.1) is 0 Å². The summed E-state index contributed by atoms with van der Waals surface area (Å²) in [6.07, 6.45) is -16.3. The van der Waals surface area contributed by atoms with Gasteiger partial charge in [0.2, 0.25) is 11.6 Å². The maximum atomic E-state index is 13.8. The minimum absolute atomic E-state index is 0. The van der Waals surface area contributed by atoms with Gasteiger partial charge >= 0.3 is 36.6 Å². The van der Waals surface area contributed by atoms with Crippen molar-refractivity contribution in [3.05, 3.63) is 93.3 Å². The van der Waals surface area contributed by atoms with Gasteiger partial charge in [-0.25, -0.2) is 9.97 Å². The lowest BCUT2D eigenvalue weighted by Crippen LogP contribution is -2.40. The van der Waals surface area contributed by atoms with Crippen molar-refractivity contribution in [2.45, 2.75) is 83.1 Å². The summed E-state index contributed by atoms with van der Waals surface area (Å²) in [5.74, 6) is -11.1. The van der Waals surface area contributed by atoms with E-state index in [9.17, 15) is 79.8 Å². The molecular weight excluding hydrogens is 994 g/mol. The Labute approximate surface area is 380 Å². The number of hydrogen-bond donors (Lipinski definition) is 2. The second-order valence-electron chi connectivity index (χ2n) is 14.7. The van der Waals surface area contributed by atoms with Crippen molar-refractivity contribution < 1.29 is 84.8 Å². The fourth-order valence-corrected chi connectivity index (χ4v) is 6.08. The SMILES string of the molecule is C.C=CC#N.Cc1cn2c(=O)c(-c3cnn(CC(F)(F)C(F)(F)F)c3)c(C(F)(F)F)nc2[nH]1.Cc1cn2c(=O)c(-c3cnn(CC(F)(F)C(F)(F)F)c3)c(C(F)(F)F)nc2n1C1COC1.OC1COC1. The number of aryl methyl sites for hydroxylation is 2. The molecule has 8 rings (SSSR count). The van der Waals surface area contributed by atoms with Crippen LogP contribution >= 0.6 is 0 Å². The Morgan fingerprint density at radius 1 is 0.729 bits per heavy atom. The normalized spacial score (nSPS) is 14.8.